The molecule has 2 amide bonds. The maximum Gasteiger partial charge on any atom is 0.243 e. The highest BCUT2D eigenvalue weighted by atomic mass is 16.2. The van der Waals surface area contributed by atoms with E-state index in [1.165, 1.54) is 19.3 Å². The molecule has 3 aliphatic carbocycles. The molecule has 0 bridgehead atoms. The van der Waals surface area contributed by atoms with E-state index in [1.807, 2.05) is 14.1 Å². The van der Waals surface area contributed by atoms with Crippen LogP contribution < -0.4 is 5.32 Å². The average Bonchev–Trinajstić information content (AvgIpc) is 2.92. The molecule has 0 aromatic heterocycles. The van der Waals surface area contributed by atoms with E-state index in [4.69, 9.17) is 0 Å². The van der Waals surface area contributed by atoms with E-state index in [1.54, 1.807) is 11.0 Å². The minimum atomic E-state index is 0.0686. The third-order valence-electron chi connectivity index (χ3n) is 8.42. The molecule has 1 heterocycles. The van der Waals surface area contributed by atoms with Gasteiger partial charge in [0, 0.05) is 31.5 Å². The third-order valence-corrected chi connectivity index (χ3v) is 8.42. The number of rotatable bonds is 1. The van der Waals surface area contributed by atoms with Gasteiger partial charge in [-0.1, -0.05) is 19.9 Å². The summed E-state index contributed by atoms with van der Waals surface area (Å²) < 4.78 is 0. The summed E-state index contributed by atoms with van der Waals surface area (Å²) in [5.41, 5.74) is 0.245. The second kappa shape index (κ2) is 5.59. The van der Waals surface area contributed by atoms with Crippen molar-refractivity contribution in [2.24, 2.45) is 34.5 Å². The Bertz CT molecular complexity index is 627. The third kappa shape index (κ3) is 2.32. The first-order valence-corrected chi connectivity index (χ1v) is 9.98. The summed E-state index contributed by atoms with van der Waals surface area (Å²) in [4.78, 5) is 26.3. The van der Waals surface area contributed by atoms with Gasteiger partial charge in [0.1, 0.15) is 0 Å². The first-order valence-electron chi connectivity index (χ1n) is 9.98. The molecule has 0 saturated heterocycles. The van der Waals surface area contributed by atoms with Crippen LogP contribution in [0.1, 0.15) is 52.4 Å². The molecule has 25 heavy (non-hydrogen) atoms. The summed E-state index contributed by atoms with van der Waals surface area (Å²) in [5, 5.41) is 3.22. The highest BCUT2D eigenvalue weighted by molar-refractivity contribution is 5.89. The quantitative estimate of drug-likeness (QED) is 0.795. The molecule has 4 aliphatic rings. The van der Waals surface area contributed by atoms with Crippen molar-refractivity contribution >= 4 is 11.8 Å². The smallest absolute Gasteiger partial charge is 0.243 e. The first-order chi connectivity index (χ1) is 11.8. The standard InChI is InChI=1S/C21H32N2O2/c1-20-11-9-15-13(14(20)6-7-16(20)19(25)23(3)4)5-8-17-21(15,2)12-10-18(24)22-17/h10,12-17H,5-9,11H2,1-4H3,(H,22,24)/t13-,14-,15-,16+,17?,20-,21+/m0/s1. The van der Waals surface area contributed by atoms with Crippen LogP contribution in [0.5, 0.6) is 0 Å². The number of hydrogen-bond donors (Lipinski definition) is 1. The number of fused-ring (bicyclic) bond motifs is 5. The van der Waals surface area contributed by atoms with Crippen molar-refractivity contribution < 1.29 is 9.59 Å². The number of hydrogen-bond acceptors (Lipinski definition) is 2. The van der Waals surface area contributed by atoms with Crippen LogP contribution in [-0.2, 0) is 9.59 Å². The molecular weight excluding hydrogens is 312 g/mol. The number of nitrogens with zero attached hydrogens (tertiary/aromatic N) is 1. The number of carbonyl (C=O) groups is 2. The van der Waals surface area contributed by atoms with Crippen LogP contribution in [0.2, 0.25) is 0 Å². The molecule has 0 aromatic rings. The normalized spacial score (nSPS) is 48.2. The molecule has 4 nitrogen and oxygen atoms in total. The Morgan fingerprint density at radius 2 is 1.88 bits per heavy atom. The first kappa shape index (κ1) is 17.1. The van der Waals surface area contributed by atoms with E-state index >= 15 is 0 Å². The Morgan fingerprint density at radius 3 is 2.60 bits per heavy atom. The largest absolute Gasteiger partial charge is 0.349 e. The SMILES string of the molecule is CN(C)C(=O)[C@H]1CC[C@H]2[C@@H]3CCC4NC(=O)C=C[C@]4(C)[C@H]3CC[C@]12C. The highest BCUT2D eigenvalue weighted by Crippen LogP contribution is 2.65. The summed E-state index contributed by atoms with van der Waals surface area (Å²) in [6.45, 7) is 4.74. The highest BCUT2D eigenvalue weighted by Gasteiger charge is 2.60. The van der Waals surface area contributed by atoms with Crippen LogP contribution in [0.3, 0.4) is 0 Å². The van der Waals surface area contributed by atoms with E-state index < -0.39 is 0 Å². The fraction of sp³-hybridized carbons (Fsp3) is 0.810. The number of nitrogens with one attached hydrogen (secondary N) is 1. The van der Waals surface area contributed by atoms with E-state index in [2.05, 4.69) is 25.2 Å². The lowest BCUT2D eigenvalue weighted by molar-refractivity contribution is -0.141. The van der Waals surface area contributed by atoms with Gasteiger partial charge in [0.15, 0.2) is 0 Å². The molecule has 0 aromatic carbocycles. The summed E-state index contributed by atoms with van der Waals surface area (Å²) in [5.74, 6) is 2.57. The van der Waals surface area contributed by atoms with Gasteiger partial charge in [-0.25, -0.2) is 0 Å². The van der Waals surface area contributed by atoms with Gasteiger partial charge in [0.2, 0.25) is 11.8 Å². The Morgan fingerprint density at radius 1 is 1.12 bits per heavy atom. The summed E-state index contributed by atoms with van der Waals surface area (Å²) in [6.07, 6.45) is 10.8. The molecule has 1 N–H and O–H groups in total. The van der Waals surface area contributed by atoms with E-state index in [-0.39, 0.29) is 28.7 Å². The molecule has 4 heteroatoms. The molecule has 138 valence electrons. The Hall–Kier alpha value is -1.32. The summed E-state index contributed by atoms with van der Waals surface area (Å²) in [6, 6.07) is 0.288. The molecule has 4 rings (SSSR count). The van der Waals surface area contributed by atoms with Crippen LogP contribution in [0, 0.1) is 34.5 Å². The second-order valence-corrected chi connectivity index (χ2v) is 9.62. The average molecular weight is 344 g/mol. The van der Waals surface area contributed by atoms with Crippen LogP contribution in [0.25, 0.3) is 0 Å². The van der Waals surface area contributed by atoms with Crippen LogP contribution in [0.4, 0.5) is 0 Å². The Labute approximate surface area is 151 Å². The minimum Gasteiger partial charge on any atom is -0.349 e. The maximum atomic E-state index is 12.8. The molecule has 0 spiro atoms. The zero-order valence-corrected chi connectivity index (χ0v) is 16.0. The van der Waals surface area contributed by atoms with E-state index in [0.717, 1.165) is 19.3 Å². The molecule has 1 unspecified atom stereocenters. The van der Waals surface area contributed by atoms with Crippen molar-refractivity contribution in [2.75, 3.05) is 14.1 Å². The zero-order valence-electron chi connectivity index (χ0n) is 16.0. The second-order valence-electron chi connectivity index (χ2n) is 9.62. The van der Waals surface area contributed by atoms with Crippen molar-refractivity contribution in [3.63, 3.8) is 0 Å². The molecule has 0 radical (unpaired) electrons. The predicted molar refractivity (Wildman–Crippen MR) is 97.6 cm³/mol. The lowest BCUT2D eigenvalue weighted by atomic mass is 9.48. The fourth-order valence-corrected chi connectivity index (χ4v) is 7.05. The Balaban J connectivity index is 1.63. The fourth-order valence-electron chi connectivity index (χ4n) is 7.05. The topological polar surface area (TPSA) is 49.4 Å². The van der Waals surface area contributed by atoms with Gasteiger partial charge in [0.05, 0.1) is 0 Å². The predicted octanol–water partition coefficient (Wildman–Crippen LogP) is 2.99. The lowest BCUT2D eigenvalue weighted by Crippen LogP contribution is -2.59. The van der Waals surface area contributed by atoms with Crippen molar-refractivity contribution in [3.05, 3.63) is 12.2 Å². The van der Waals surface area contributed by atoms with Gasteiger partial charge in [-0.15, -0.1) is 0 Å². The molecule has 3 fully saturated rings. The van der Waals surface area contributed by atoms with Gasteiger partial charge in [-0.2, -0.15) is 0 Å². The van der Waals surface area contributed by atoms with Crippen molar-refractivity contribution in [3.8, 4) is 0 Å². The van der Waals surface area contributed by atoms with Crippen LogP contribution >= 0.6 is 0 Å². The molecule has 7 atom stereocenters. The van der Waals surface area contributed by atoms with Crippen molar-refractivity contribution in [2.45, 2.75) is 58.4 Å². The van der Waals surface area contributed by atoms with Crippen molar-refractivity contribution in [1.29, 1.82) is 0 Å². The summed E-state index contributed by atoms with van der Waals surface area (Å²) in [7, 11) is 3.79. The molecule has 1 aliphatic heterocycles. The van der Waals surface area contributed by atoms with E-state index in [0.29, 0.717) is 23.7 Å². The zero-order chi connectivity index (χ0) is 18.0. The van der Waals surface area contributed by atoms with Gasteiger partial charge in [-0.3, -0.25) is 9.59 Å². The number of carbonyl (C=O) groups excluding carboxylic acids is 2. The summed E-state index contributed by atoms with van der Waals surface area (Å²) >= 11 is 0. The molecular formula is C21H32N2O2. The number of amides is 2. The van der Waals surface area contributed by atoms with Crippen LogP contribution in [-0.4, -0.2) is 36.9 Å². The maximum absolute atomic E-state index is 12.8. The Kier molecular flexibility index (Phi) is 3.82. The van der Waals surface area contributed by atoms with Gasteiger partial charge >= 0.3 is 0 Å². The van der Waals surface area contributed by atoms with Crippen LogP contribution in [0.15, 0.2) is 12.2 Å². The van der Waals surface area contributed by atoms with Gasteiger partial charge in [-0.05, 0) is 67.8 Å². The monoisotopic (exact) mass is 344 g/mol. The lowest BCUT2D eigenvalue weighted by Gasteiger charge is -2.58. The van der Waals surface area contributed by atoms with Crippen molar-refractivity contribution in [1.82, 2.24) is 10.2 Å². The van der Waals surface area contributed by atoms with Gasteiger partial charge in [0.25, 0.3) is 0 Å². The minimum absolute atomic E-state index is 0.0686. The van der Waals surface area contributed by atoms with Gasteiger partial charge < -0.3 is 10.2 Å². The molecule has 3 saturated carbocycles. The van der Waals surface area contributed by atoms with E-state index in [9.17, 15) is 9.59 Å².